The summed E-state index contributed by atoms with van der Waals surface area (Å²) in [6.45, 7) is 0. The number of fused-ring (bicyclic) bond motifs is 7. The average Bonchev–Trinajstić information content (AvgIpc) is 3.45. The number of hydrogen-bond donors (Lipinski definition) is 0. The zero-order chi connectivity index (χ0) is 28.3. The molecule has 9 rings (SSSR count). The molecule has 7 aromatic carbocycles. The van der Waals surface area contributed by atoms with Gasteiger partial charge in [-0.25, -0.2) is 9.97 Å². The summed E-state index contributed by atoms with van der Waals surface area (Å²) in [5, 5.41) is 8.54. The molecule has 0 aliphatic heterocycles. The van der Waals surface area contributed by atoms with Crippen LogP contribution in [0.5, 0.6) is 0 Å². The van der Waals surface area contributed by atoms with Gasteiger partial charge in [0.2, 0.25) is 0 Å². The molecule has 0 aliphatic carbocycles. The molecule has 0 unspecified atom stereocenters. The zero-order valence-electron chi connectivity index (χ0n) is 23.2. The van der Waals surface area contributed by atoms with Crippen LogP contribution in [0.3, 0.4) is 0 Å². The van der Waals surface area contributed by atoms with E-state index < -0.39 is 0 Å². The van der Waals surface area contributed by atoms with Crippen LogP contribution in [-0.4, -0.2) is 9.97 Å². The molecule has 200 valence electrons. The van der Waals surface area contributed by atoms with Crippen LogP contribution in [0.2, 0.25) is 0 Å². The minimum atomic E-state index is 0.748. The first kappa shape index (κ1) is 24.2. The van der Waals surface area contributed by atoms with Crippen LogP contribution in [0, 0.1) is 0 Å². The van der Waals surface area contributed by atoms with Crippen molar-refractivity contribution < 1.29 is 0 Å². The van der Waals surface area contributed by atoms with Gasteiger partial charge in [-0.15, -0.1) is 11.3 Å². The number of aromatic nitrogens is 2. The van der Waals surface area contributed by atoms with Gasteiger partial charge >= 0.3 is 0 Å². The van der Waals surface area contributed by atoms with Crippen molar-refractivity contribution >= 4 is 64.0 Å². The summed E-state index contributed by atoms with van der Waals surface area (Å²) < 4.78 is 2.33. The van der Waals surface area contributed by atoms with E-state index in [-0.39, 0.29) is 0 Å². The third-order valence-corrected chi connectivity index (χ3v) is 9.60. The zero-order valence-corrected chi connectivity index (χ0v) is 24.0. The summed E-state index contributed by atoms with van der Waals surface area (Å²) >= 11 is 1.78. The lowest BCUT2D eigenvalue weighted by Crippen LogP contribution is -1.94. The number of nitrogens with zero attached hydrogens (tertiary/aromatic N) is 2. The summed E-state index contributed by atoms with van der Waals surface area (Å²) in [7, 11) is 0. The van der Waals surface area contributed by atoms with Crippen molar-refractivity contribution in [3.05, 3.63) is 146 Å². The molecule has 0 saturated heterocycles. The Morgan fingerprint density at radius 3 is 1.95 bits per heavy atom. The molecule has 0 atom stereocenters. The highest BCUT2D eigenvalue weighted by Crippen LogP contribution is 2.41. The first-order chi connectivity index (χ1) is 21.3. The number of benzene rings is 7. The fraction of sp³-hybridized carbons (Fsp3) is 0. The van der Waals surface area contributed by atoms with Crippen molar-refractivity contribution in [1.29, 1.82) is 0 Å². The number of rotatable bonds is 3. The van der Waals surface area contributed by atoms with Crippen LogP contribution in [0.4, 0.5) is 0 Å². The highest BCUT2D eigenvalue weighted by atomic mass is 32.1. The second kappa shape index (κ2) is 9.59. The van der Waals surface area contributed by atoms with E-state index in [2.05, 4.69) is 146 Å². The molecule has 0 spiro atoms. The summed E-state index contributed by atoms with van der Waals surface area (Å²) in [6, 6.07) is 52.0. The van der Waals surface area contributed by atoms with Crippen LogP contribution < -0.4 is 0 Å². The molecule has 0 saturated carbocycles. The molecule has 0 bridgehead atoms. The molecule has 9 aromatic rings. The van der Waals surface area contributed by atoms with E-state index in [1.807, 2.05) is 0 Å². The van der Waals surface area contributed by atoms with Crippen molar-refractivity contribution in [2.45, 2.75) is 0 Å². The Kier molecular flexibility index (Phi) is 5.40. The topological polar surface area (TPSA) is 25.8 Å². The molecular formula is C40H24N2S. The highest BCUT2D eigenvalue weighted by Gasteiger charge is 2.18. The van der Waals surface area contributed by atoms with Crippen LogP contribution in [0.25, 0.3) is 86.4 Å². The summed E-state index contributed by atoms with van der Waals surface area (Å²) in [5.74, 6) is 0.748. The Hall–Kier alpha value is -5.38. The van der Waals surface area contributed by atoms with E-state index in [9.17, 15) is 0 Å². The lowest BCUT2D eigenvalue weighted by molar-refractivity contribution is 1.24. The van der Waals surface area contributed by atoms with Crippen molar-refractivity contribution in [3.63, 3.8) is 0 Å². The number of thiophene rings is 1. The standard InChI is InChI=1S/C40H24N2S/c1-2-8-25(9-3-1)29-18-21-35-36(24-29)43-39-37(31-17-14-26-10-4-5-12-28(26)22-31)41-40(42-38(35)39)32-19-20-34-30(23-32)16-15-27-11-6-7-13-33(27)34/h1-24H. The van der Waals surface area contributed by atoms with Gasteiger partial charge in [0.25, 0.3) is 0 Å². The Balaban J connectivity index is 1.30. The lowest BCUT2D eigenvalue weighted by Gasteiger charge is -2.10. The van der Waals surface area contributed by atoms with E-state index in [1.165, 1.54) is 48.1 Å². The molecule has 0 fully saturated rings. The summed E-state index contributed by atoms with van der Waals surface area (Å²) in [6.07, 6.45) is 0. The predicted octanol–water partition coefficient (Wildman–Crippen LogP) is 11.3. The molecule has 0 aliphatic rings. The maximum Gasteiger partial charge on any atom is 0.160 e. The second-order valence-corrected chi connectivity index (χ2v) is 12.1. The molecule has 0 amide bonds. The third kappa shape index (κ3) is 4.01. The predicted molar refractivity (Wildman–Crippen MR) is 184 cm³/mol. The van der Waals surface area contributed by atoms with Crippen LogP contribution in [-0.2, 0) is 0 Å². The van der Waals surface area contributed by atoms with E-state index in [0.29, 0.717) is 0 Å². The van der Waals surface area contributed by atoms with Gasteiger partial charge in [0.1, 0.15) is 0 Å². The van der Waals surface area contributed by atoms with E-state index in [0.717, 1.165) is 38.2 Å². The molecule has 2 aromatic heterocycles. The fourth-order valence-corrected chi connectivity index (χ4v) is 7.46. The normalized spacial score (nSPS) is 11.7. The van der Waals surface area contributed by atoms with Crippen molar-refractivity contribution in [1.82, 2.24) is 9.97 Å². The molecule has 0 N–H and O–H groups in total. The van der Waals surface area contributed by atoms with Crippen molar-refractivity contribution in [3.8, 4) is 33.8 Å². The molecule has 2 heterocycles. The third-order valence-electron chi connectivity index (χ3n) is 8.45. The minimum absolute atomic E-state index is 0.748. The van der Waals surface area contributed by atoms with Crippen LogP contribution in [0.15, 0.2) is 146 Å². The monoisotopic (exact) mass is 564 g/mol. The SMILES string of the molecule is c1ccc(-c2ccc3c(c2)sc2c(-c4ccc5ccccc5c4)nc(-c4ccc5c(ccc6ccccc65)c4)nc23)cc1. The van der Waals surface area contributed by atoms with Gasteiger partial charge < -0.3 is 0 Å². The first-order valence-corrected chi connectivity index (χ1v) is 15.3. The number of hydrogen-bond acceptors (Lipinski definition) is 3. The van der Waals surface area contributed by atoms with Gasteiger partial charge in [0, 0.05) is 21.2 Å². The van der Waals surface area contributed by atoms with Gasteiger partial charge in [-0.1, -0.05) is 127 Å². The quantitative estimate of drug-likeness (QED) is 0.199. The molecule has 0 radical (unpaired) electrons. The van der Waals surface area contributed by atoms with Crippen molar-refractivity contribution in [2.24, 2.45) is 0 Å². The summed E-state index contributed by atoms with van der Waals surface area (Å²) in [4.78, 5) is 10.5. The van der Waals surface area contributed by atoms with E-state index in [4.69, 9.17) is 9.97 Å². The maximum atomic E-state index is 5.29. The van der Waals surface area contributed by atoms with Gasteiger partial charge in [0.15, 0.2) is 5.82 Å². The molecular weight excluding hydrogens is 541 g/mol. The van der Waals surface area contributed by atoms with Crippen LogP contribution >= 0.6 is 11.3 Å². The Morgan fingerprint density at radius 1 is 0.395 bits per heavy atom. The van der Waals surface area contributed by atoms with Gasteiger partial charge in [-0.05, 0) is 61.6 Å². The smallest absolute Gasteiger partial charge is 0.160 e. The second-order valence-electron chi connectivity index (χ2n) is 11.0. The van der Waals surface area contributed by atoms with Gasteiger partial charge in [-0.3, -0.25) is 0 Å². The summed E-state index contributed by atoms with van der Waals surface area (Å²) in [5.41, 5.74) is 6.54. The maximum absolute atomic E-state index is 5.29. The van der Waals surface area contributed by atoms with Gasteiger partial charge in [-0.2, -0.15) is 0 Å². The average molecular weight is 565 g/mol. The van der Waals surface area contributed by atoms with E-state index >= 15 is 0 Å². The first-order valence-electron chi connectivity index (χ1n) is 14.5. The minimum Gasteiger partial charge on any atom is -0.226 e. The Bertz CT molecular complexity index is 2510. The Morgan fingerprint density at radius 2 is 1.05 bits per heavy atom. The fourth-order valence-electron chi connectivity index (χ4n) is 6.27. The van der Waals surface area contributed by atoms with E-state index in [1.54, 1.807) is 11.3 Å². The molecule has 3 heteroatoms. The molecule has 43 heavy (non-hydrogen) atoms. The lowest BCUT2D eigenvalue weighted by atomic mass is 9.99. The molecule has 2 nitrogen and oxygen atoms in total. The van der Waals surface area contributed by atoms with Gasteiger partial charge in [0.05, 0.1) is 15.9 Å². The largest absolute Gasteiger partial charge is 0.226 e. The Labute approximate surface area is 252 Å². The highest BCUT2D eigenvalue weighted by molar-refractivity contribution is 7.26. The van der Waals surface area contributed by atoms with Crippen LogP contribution in [0.1, 0.15) is 0 Å². The van der Waals surface area contributed by atoms with Crippen molar-refractivity contribution in [2.75, 3.05) is 0 Å².